The fourth-order valence-electron chi connectivity index (χ4n) is 2.52. The number of hydrogen-bond donors (Lipinski definition) is 1. The zero-order valence-corrected chi connectivity index (χ0v) is 13.0. The first kappa shape index (κ1) is 18.2. The lowest BCUT2D eigenvalue weighted by molar-refractivity contribution is -0.143. The summed E-state index contributed by atoms with van der Waals surface area (Å²) in [6, 6.07) is 0.358. The van der Waals surface area contributed by atoms with Crippen LogP contribution >= 0.6 is 0 Å². The van der Waals surface area contributed by atoms with Crippen LogP contribution in [0, 0.1) is 5.92 Å². The predicted molar refractivity (Wildman–Crippen MR) is 81.4 cm³/mol. The monoisotopic (exact) mass is 350 g/mol. The van der Waals surface area contributed by atoms with Crippen LogP contribution in [0.15, 0.2) is 27.3 Å². The van der Waals surface area contributed by atoms with Crippen LogP contribution < -0.4 is 5.69 Å². The third kappa shape index (κ3) is 4.05. The van der Waals surface area contributed by atoms with Gasteiger partial charge < -0.3 is 14.6 Å². The van der Waals surface area contributed by atoms with Gasteiger partial charge in [-0.3, -0.25) is 9.36 Å². The molecular weight excluding hydrogens is 336 g/mol. The van der Waals surface area contributed by atoms with E-state index < -0.39 is 42.6 Å². The SMILES string of the molecule is CC(=O)OC[C@H]1C(N=[N+]=[N-])[C@H](n2ccc(N=[N+]=[N-])nc2=O)O[C@@H]1CO. The van der Waals surface area contributed by atoms with E-state index in [0.29, 0.717) is 0 Å². The quantitative estimate of drug-likeness (QED) is 0.343. The van der Waals surface area contributed by atoms with Crippen molar-refractivity contribution in [3.63, 3.8) is 0 Å². The average Bonchev–Trinajstić information content (AvgIpc) is 2.91. The van der Waals surface area contributed by atoms with Crippen LogP contribution in [0.2, 0.25) is 0 Å². The molecule has 0 spiro atoms. The van der Waals surface area contributed by atoms with E-state index in [0.717, 1.165) is 4.57 Å². The highest BCUT2D eigenvalue weighted by molar-refractivity contribution is 5.65. The number of hydrogen-bond acceptors (Lipinski definition) is 8. The second-order valence-corrected chi connectivity index (χ2v) is 5.07. The summed E-state index contributed by atoms with van der Waals surface area (Å²) in [6.07, 6.45) is -0.607. The molecule has 0 saturated carbocycles. The minimum atomic E-state index is -1.06. The Balaban J connectivity index is 2.38. The van der Waals surface area contributed by atoms with Crippen molar-refractivity contribution >= 4 is 11.8 Å². The summed E-state index contributed by atoms with van der Waals surface area (Å²) < 4.78 is 11.6. The van der Waals surface area contributed by atoms with E-state index in [1.54, 1.807) is 0 Å². The van der Waals surface area contributed by atoms with Crippen LogP contribution in [-0.4, -0.2) is 46.0 Å². The molecule has 13 heteroatoms. The Kier molecular flexibility index (Phi) is 5.93. The van der Waals surface area contributed by atoms with Gasteiger partial charge in [-0.15, -0.1) is 0 Å². The van der Waals surface area contributed by atoms with Crippen LogP contribution in [0.1, 0.15) is 13.2 Å². The topological polar surface area (TPSA) is 188 Å². The van der Waals surface area contributed by atoms with Crippen molar-refractivity contribution < 1.29 is 19.4 Å². The molecule has 25 heavy (non-hydrogen) atoms. The molecule has 0 bridgehead atoms. The maximum atomic E-state index is 12.1. The van der Waals surface area contributed by atoms with Crippen LogP contribution in [0.4, 0.5) is 5.82 Å². The van der Waals surface area contributed by atoms with Crippen LogP contribution in [0.25, 0.3) is 20.9 Å². The largest absolute Gasteiger partial charge is 0.465 e. The molecule has 1 aromatic rings. The van der Waals surface area contributed by atoms with Gasteiger partial charge in [0, 0.05) is 28.9 Å². The molecule has 0 aliphatic carbocycles. The number of esters is 1. The van der Waals surface area contributed by atoms with Gasteiger partial charge in [0.2, 0.25) is 0 Å². The molecule has 1 aliphatic heterocycles. The van der Waals surface area contributed by atoms with Crippen LogP contribution in [-0.2, 0) is 14.3 Å². The van der Waals surface area contributed by atoms with Gasteiger partial charge in [0.15, 0.2) is 0 Å². The summed E-state index contributed by atoms with van der Waals surface area (Å²) in [4.78, 5) is 32.0. The molecule has 2 heterocycles. The van der Waals surface area contributed by atoms with Gasteiger partial charge in [-0.05, 0) is 22.2 Å². The standard InChI is InChI=1S/C12H14N8O5/c1-6(22)24-5-7-8(4-21)25-11(10(7)17-19-14)20-3-2-9(16-18-13)15-12(20)23/h2-3,7-8,10-11,21H,4-5H2,1H3/t7-,8-,10?,11-/m1/s1. The van der Waals surface area contributed by atoms with Crippen molar-refractivity contribution in [1.82, 2.24) is 9.55 Å². The fraction of sp³-hybridized carbons (Fsp3) is 0.583. The first-order chi connectivity index (χ1) is 12.0. The molecule has 2 rings (SSSR count). The van der Waals surface area contributed by atoms with E-state index in [4.69, 9.17) is 20.5 Å². The third-order valence-electron chi connectivity index (χ3n) is 3.60. The molecule has 132 valence electrons. The maximum absolute atomic E-state index is 12.1. The molecule has 0 amide bonds. The molecule has 1 N–H and O–H groups in total. The Morgan fingerprint density at radius 3 is 2.84 bits per heavy atom. The number of carbonyl (C=O) groups is 1. The zero-order chi connectivity index (χ0) is 18.4. The normalized spacial score (nSPS) is 24.9. The van der Waals surface area contributed by atoms with E-state index in [1.807, 2.05) is 0 Å². The van der Waals surface area contributed by atoms with Gasteiger partial charge in [-0.2, -0.15) is 4.98 Å². The number of aliphatic hydroxyl groups is 1. The number of ether oxygens (including phenoxy) is 2. The smallest absolute Gasteiger partial charge is 0.350 e. The lowest BCUT2D eigenvalue weighted by atomic mass is 9.97. The third-order valence-corrected chi connectivity index (χ3v) is 3.60. The number of rotatable bonds is 6. The van der Waals surface area contributed by atoms with Crippen molar-refractivity contribution in [2.24, 2.45) is 16.1 Å². The fourth-order valence-corrected chi connectivity index (χ4v) is 2.52. The molecule has 4 atom stereocenters. The molecule has 1 aliphatic rings. The van der Waals surface area contributed by atoms with Crippen molar-refractivity contribution in [3.05, 3.63) is 43.6 Å². The van der Waals surface area contributed by atoms with E-state index >= 15 is 0 Å². The van der Waals surface area contributed by atoms with Gasteiger partial charge in [0.25, 0.3) is 0 Å². The number of aromatic nitrogens is 2. The van der Waals surface area contributed by atoms with Gasteiger partial charge in [0.05, 0.1) is 25.4 Å². The van der Waals surface area contributed by atoms with Crippen LogP contribution in [0.3, 0.4) is 0 Å². The summed E-state index contributed by atoms with van der Waals surface area (Å²) in [7, 11) is 0. The molecule has 1 saturated heterocycles. The van der Waals surface area contributed by atoms with Gasteiger partial charge in [0.1, 0.15) is 12.0 Å². The minimum Gasteiger partial charge on any atom is -0.465 e. The Bertz CT molecular complexity index is 797. The molecule has 1 unspecified atom stereocenters. The van der Waals surface area contributed by atoms with Crippen molar-refractivity contribution in [1.29, 1.82) is 0 Å². The summed E-state index contributed by atoms with van der Waals surface area (Å²) >= 11 is 0. The van der Waals surface area contributed by atoms with E-state index in [2.05, 4.69) is 25.0 Å². The highest BCUT2D eigenvalue weighted by Crippen LogP contribution is 2.36. The first-order valence-electron chi connectivity index (χ1n) is 7.10. The second kappa shape index (κ2) is 8.13. The average molecular weight is 350 g/mol. The number of carbonyl (C=O) groups excluding carboxylic acids is 1. The van der Waals surface area contributed by atoms with E-state index in [-0.39, 0.29) is 12.4 Å². The predicted octanol–water partition coefficient (Wildman–Crippen LogP) is 0.933. The molecule has 13 nitrogen and oxygen atoms in total. The summed E-state index contributed by atoms with van der Waals surface area (Å²) in [5, 5.41) is 16.3. The van der Waals surface area contributed by atoms with Gasteiger partial charge >= 0.3 is 11.7 Å². The number of aliphatic hydroxyl groups excluding tert-OH is 1. The molecule has 1 aromatic heterocycles. The zero-order valence-electron chi connectivity index (χ0n) is 13.0. The van der Waals surface area contributed by atoms with Gasteiger partial charge in [-0.25, -0.2) is 4.79 Å². The van der Waals surface area contributed by atoms with E-state index in [1.165, 1.54) is 19.2 Å². The lowest BCUT2D eigenvalue weighted by Gasteiger charge is -2.19. The summed E-state index contributed by atoms with van der Waals surface area (Å²) in [5.74, 6) is -1.33. The maximum Gasteiger partial charge on any atom is 0.350 e. The van der Waals surface area contributed by atoms with Crippen LogP contribution in [0.5, 0.6) is 0 Å². The minimum absolute atomic E-state index is 0.128. The highest BCUT2D eigenvalue weighted by Gasteiger charge is 2.45. The van der Waals surface area contributed by atoms with Crippen molar-refractivity contribution in [2.45, 2.75) is 25.3 Å². The number of azide groups is 2. The first-order valence-corrected chi connectivity index (χ1v) is 7.10. The number of nitrogens with zero attached hydrogens (tertiary/aromatic N) is 8. The Hall–Kier alpha value is -3.11. The van der Waals surface area contributed by atoms with Crippen molar-refractivity contribution in [3.8, 4) is 0 Å². The van der Waals surface area contributed by atoms with Crippen molar-refractivity contribution in [2.75, 3.05) is 13.2 Å². The molecular formula is C12H14N8O5. The molecule has 1 fully saturated rings. The van der Waals surface area contributed by atoms with E-state index in [9.17, 15) is 14.7 Å². The highest BCUT2D eigenvalue weighted by atomic mass is 16.5. The van der Waals surface area contributed by atoms with Gasteiger partial charge in [-0.1, -0.05) is 5.11 Å². The molecule has 0 aromatic carbocycles. The Labute approximate surface area is 140 Å². The Morgan fingerprint density at radius 2 is 2.28 bits per heavy atom. The lowest BCUT2D eigenvalue weighted by Crippen LogP contribution is -2.34. The summed E-state index contributed by atoms with van der Waals surface area (Å²) in [6.45, 7) is 0.630. The second-order valence-electron chi connectivity index (χ2n) is 5.07. The molecule has 0 radical (unpaired) electrons. The Morgan fingerprint density at radius 1 is 1.52 bits per heavy atom. The summed E-state index contributed by atoms with van der Waals surface area (Å²) in [5.41, 5.74) is 16.4.